The van der Waals surface area contributed by atoms with Gasteiger partial charge in [0.2, 0.25) is 0 Å². The minimum Gasteiger partial charge on any atom is -0.497 e. The number of aryl methyl sites for hydroxylation is 1. The zero-order chi connectivity index (χ0) is 31.3. The maximum absolute atomic E-state index is 13.8. The Morgan fingerprint density at radius 2 is 1.78 bits per heavy atom. The number of methoxy groups -OCH3 is 1. The second kappa shape index (κ2) is 13.4. The molecule has 0 radical (unpaired) electrons. The van der Waals surface area contributed by atoms with E-state index in [2.05, 4.69) is 15.5 Å². The van der Waals surface area contributed by atoms with E-state index in [4.69, 9.17) is 9.84 Å². The van der Waals surface area contributed by atoms with Gasteiger partial charge >= 0.3 is 0 Å². The SMILES string of the molecule is COc1ccc(C(=O)NCc2nnc(SCC(=O)N3N=C(c4cccs4)C[C@@H]3c3ccc(C)cc3)n2-c2ccc(F)cc2)cc1. The van der Waals surface area contributed by atoms with Gasteiger partial charge in [0.15, 0.2) is 11.0 Å². The second-order valence-corrected chi connectivity index (χ2v) is 12.2. The Labute approximate surface area is 267 Å². The summed E-state index contributed by atoms with van der Waals surface area (Å²) in [4.78, 5) is 27.6. The van der Waals surface area contributed by atoms with E-state index in [9.17, 15) is 14.0 Å². The zero-order valence-corrected chi connectivity index (χ0v) is 26.1. The number of hydrogen-bond donors (Lipinski definition) is 1. The van der Waals surface area contributed by atoms with Crippen LogP contribution in [0.4, 0.5) is 4.39 Å². The summed E-state index contributed by atoms with van der Waals surface area (Å²) in [5.41, 5.74) is 4.08. The molecule has 5 aromatic rings. The summed E-state index contributed by atoms with van der Waals surface area (Å²) < 4.78 is 20.7. The van der Waals surface area contributed by atoms with E-state index in [1.165, 1.54) is 23.9 Å². The lowest BCUT2D eigenvalue weighted by Crippen LogP contribution is -2.28. The Morgan fingerprint density at radius 3 is 2.47 bits per heavy atom. The zero-order valence-electron chi connectivity index (χ0n) is 24.5. The van der Waals surface area contributed by atoms with Crippen LogP contribution in [0.5, 0.6) is 5.75 Å². The van der Waals surface area contributed by atoms with Crippen LogP contribution in [0.1, 0.15) is 44.6 Å². The molecular weight excluding hydrogens is 612 g/mol. The van der Waals surface area contributed by atoms with Crippen LogP contribution < -0.4 is 10.1 Å². The Bertz CT molecular complexity index is 1820. The summed E-state index contributed by atoms with van der Waals surface area (Å²) in [6.07, 6.45) is 0.615. The van der Waals surface area contributed by atoms with Gasteiger partial charge in [0.1, 0.15) is 11.6 Å². The molecule has 2 aromatic heterocycles. The van der Waals surface area contributed by atoms with E-state index in [1.54, 1.807) is 64.4 Å². The third kappa shape index (κ3) is 6.81. The van der Waals surface area contributed by atoms with Gasteiger partial charge in [-0.05, 0) is 72.5 Å². The van der Waals surface area contributed by atoms with E-state index in [-0.39, 0.29) is 36.0 Å². The number of benzene rings is 3. The van der Waals surface area contributed by atoms with Crippen LogP contribution in [0.2, 0.25) is 0 Å². The number of nitrogens with zero attached hydrogens (tertiary/aromatic N) is 5. The normalized spacial score (nSPS) is 14.3. The summed E-state index contributed by atoms with van der Waals surface area (Å²) in [5, 5.41) is 20.3. The molecule has 45 heavy (non-hydrogen) atoms. The van der Waals surface area contributed by atoms with Crippen molar-refractivity contribution in [3.05, 3.63) is 124 Å². The number of amides is 2. The van der Waals surface area contributed by atoms with Crippen molar-refractivity contribution in [1.29, 1.82) is 0 Å². The van der Waals surface area contributed by atoms with Crippen molar-refractivity contribution >= 4 is 40.6 Å². The van der Waals surface area contributed by atoms with E-state index in [0.29, 0.717) is 34.4 Å². The van der Waals surface area contributed by atoms with Gasteiger partial charge in [0, 0.05) is 17.7 Å². The van der Waals surface area contributed by atoms with Gasteiger partial charge < -0.3 is 10.1 Å². The van der Waals surface area contributed by atoms with Gasteiger partial charge in [-0.2, -0.15) is 5.10 Å². The van der Waals surface area contributed by atoms with Gasteiger partial charge in [-0.25, -0.2) is 9.40 Å². The second-order valence-electron chi connectivity index (χ2n) is 10.3. The van der Waals surface area contributed by atoms with Crippen molar-refractivity contribution in [2.75, 3.05) is 12.9 Å². The number of hydrazone groups is 1. The van der Waals surface area contributed by atoms with E-state index in [0.717, 1.165) is 21.7 Å². The Balaban J connectivity index is 1.22. The smallest absolute Gasteiger partial charge is 0.253 e. The van der Waals surface area contributed by atoms with Crippen molar-refractivity contribution in [3.63, 3.8) is 0 Å². The summed E-state index contributed by atoms with van der Waals surface area (Å²) >= 11 is 2.80. The molecule has 0 spiro atoms. The van der Waals surface area contributed by atoms with Crippen LogP contribution >= 0.6 is 23.1 Å². The fourth-order valence-electron chi connectivity index (χ4n) is 4.93. The maximum Gasteiger partial charge on any atom is 0.253 e. The average Bonchev–Trinajstić information content (AvgIpc) is 3.84. The van der Waals surface area contributed by atoms with Crippen LogP contribution in [0.15, 0.2) is 101 Å². The largest absolute Gasteiger partial charge is 0.497 e. The summed E-state index contributed by atoms with van der Waals surface area (Å²) in [6, 6.07) is 24.5. The topological polar surface area (TPSA) is 102 Å². The Hall–Kier alpha value is -4.81. The van der Waals surface area contributed by atoms with Crippen LogP contribution in [0, 0.1) is 12.7 Å². The molecule has 0 aliphatic carbocycles. The molecule has 1 aliphatic rings. The highest BCUT2D eigenvalue weighted by Gasteiger charge is 2.33. The lowest BCUT2D eigenvalue weighted by atomic mass is 10.00. The number of rotatable bonds is 10. The molecule has 0 bridgehead atoms. The molecule has 228 valence electrons. The van der Waals surface area contributed by atoms with Crippen LogP contribution in [-0.4, -0.2) is 50.2 Å². The number of nitrogens with one attached hydrogen (secondary N) is 1. The number of carbonyl (C=O) groups excluding carboxylic acids is 2. The molecule has 3 aromatic carbocycles. The molecule has 3 heterocycles. The maximum atomic E-state index is 13.8. The lowest BCUT2D eigenvalue weighted by molar-refractivity contribution is -0.130. The Kier molecular flexibility index (Phi) is 9.03. The van der Waals surface area contributed by atoms with Crippen molar-refractivity contribution in [2.45, 2.75) is 31.1 Å². The average molecular weight is 641 g/mol. The molecule has 0 fully saturated rings. The first-order valence-electron chi connectivity index (χ1n) is 14.1. The van der Waals surface area contributed by atoms with Gasteiger partial charge in [-0.3, -0.25) is 14.2 Å². The van der Waals surface area contributed by atoms with Gasteiger partial charge in [-0.1, -0.05) is 47.7 Å². The summed E-state index contributed by atoms with van der Waals surface area (Å²) in [5.74, 6) is 0.246. The minimum absolute atomic E-state index is 0.0428. The fourth-order valence-corrected chi connectivity index (χ4v) is 6.48. The van der Waals surface area contributed by atoms with Crippen LogP contribution in [-0.2, 0) is 11.3 Å². The number of hydrogen-bond acceptors (Lipinski definition) is 8. The lowest BCUT2D eigenvalue weighted by Gasteiger charge is -2.22. The highest BCUT2D eigenvalue weighted by atomic mass is 32.2. The molecule has 12 heteroatoms. The predicted octanol–water partition coefficient (Wildman–Crippen LogP) is 6.18. The molecular formula is C33H29FN6O3S2. The predicted molar refractivity (Wildman–Crippen MR) is 172 cm³/mol. The molecule has 1 aliphatic heterocycles. The van der Waals surface area contributed by atoms with Crippen molar-refractivity contribution in [1.82, 2.24) is 25.1 Å². The molecule has 2 amide bonds. The number of halogens is 1. The number of thiophene rings is 1. The standard InChI is InChI=1S/C33H29FN6O3S2/c1-21-5-7-22(8-6-21)28-18-27(29-4-3-17-44-29)38-40(28)31(41)20-45-33-37-36-30(39(33)25-13-11-24(34)12-14-25)19-35-32(42)23-9-15-26(43-2)16-10-23/h3-17,28H,18-20H2,1-2H3,(H,35,42)/t28-/m1/s1. The first kappa shape index (κ1) is 30.2. The van der Waals surface area contributed by atoms with Gasteiger partial charge in [0.05, 0.1) is 36.0 Å². The third-order valence-corrected chi connectivity index (χ3v) is 9.14. The molecule has 0 saturated heterocycles. The fraction of sp³-hybridized carbons (Fsp3) is 0.182. The Morgan fingerprint density at radius 1 is 1.02 bits per heavy atom. The number of carbonyl (C=O) groups is 2. The van der Waals surface area contributed by atoms with Crippen LogP contribution in [0.25, 0.3) is 5.69 Å². The number of thioether (sulfide) groups is 1. The van der Waals surface area contributed by atoms with Gasteiger partial charge in [-0.15, -0.1) is 21.5 Å². The molecule has 1 N–H and O–H groups in total. The van der Waals surface area contributed by atoms with E-state index >= 15 is 0 Å². The van der Waals surface area contributed by atoms with Crippen molar-refractivity contribution < 1.29 is 18.7 Å². The number of ether oxygens (including phenoxy) is 1. The molecule has 0 saturated carbocycles. The number of aromatic nitrogens is 3. The quantitative estimate of drug-likeness (QED) is 0.183. The third-order valence-electron chi connectivity index (χ3n) is 7.30. The molecule has 1 atom stereocenters. The molecule has 9 nitrogen and oxygen atoms in total. The van der Waals surface area contributed by atoms with E-state index < -0.39 is 0 Å². The highest BCUT2D eigenvalue weighted by Crippen LogP contribution is 2.35. The molecule has 0 unspecified atom stereocenters. The summed E-state index contributed by atoms with van der Waals surface area (Å²) in [6.45, 7) is 2.08. The van der Waals surface area contributed by atoms with Crippen molar-refractivity contribution in [2.24, 2.45) is 5.10 Å². The van der Waals surface area contributed by atoms with Gasteiger partial charge in [0.25, 0.3) is 11.8 Å². The monoisotopic (exact) mass is 640 g/mol. The van der Waals surface area contributed by atoms with E-state index in [1.807, 2.05) is 48.7 Å². The highest BCUT2D eigenvalue weighted by molar-refractivity contribution is 7.99. The molecule has 6 rings (SSSR count). The van der Waals surface area contributed by atoms with Crippen LogP contribution in [0.3, 0.4) is 0 Å². The minimum atomic E-state index is -0.388. The van der Waals surface area contributed by atoms with Crippen molar-refractivity contribution in [3.8, 4) is 11.4 Å². The summed E-state index contributed by atoms with van der Waals surface area (Å²) in [7, 11) is 1.56. The first-order valence-corrected chi connectivity index (χ1v) is 16.0. The first-order chi connectivity index (χ1) is 21.9.